The third-order valence-electron chi connectivity index (χ3n) is 6.37. The van der Waals surface area contributed by atoms with Gasteiger partial charge in [0.1, 0.15) is 22.9 Å². The van der Waals surface area contributed by atoms with Crippen LogP contribution < -0.4 is 10.1 Å². The second-order valence-corrected chi connectivity index (χ2v) is 8.85. The fourth-order valence-electron chi connectivity index (χ4n) is 4.47. The fourth-order valence-corrected chi connectivity index (χ4v) is 4.47. The Labute approximate surface area is 216 Å². The maximum atomic E-state index is 13.4. The van der Waals surface area contributed by atoms with Crippen LogP contribution >= 0.6 is 0 Å². The molecule has 0 fully saturated rings. The molecule has 0 radical (unpaired) electrons. The van der Waals surface area contributed by atoms with Crippen molar-refractivity contribution >= 4 is 5.91 Å². The third kappa shape index (κ3) is 5.48. The first-order valence-electron chi connectivity index (χ1n) is 12.3. The average molecular weight is 492 g/mol. The monoisotopic (exact) mass is 491 g/mol. The number of benzene rings is 3. The Morgan fingerprint density at radius 1 is 0.919 bits per heavy atom. The number of rotatable bonds is 9. The Kier molecular flexibility index (Phi) is 7.17. The van der Waals surface area contributed by atoms with E-state index in [-0.39, 0.29) is 11.8 Å². The number of hydrogen-bond donors (Lipinski definition) is 1. The summed E-state index contributed by atoms with van der Waals surface area (Å²) < 4.78 is 12.7. The van der Waals surface area contributed by atoms with Crippen LogP contribution in [0, 0.1) is 6.92 Å². The number of carbonyl (C=O) groups is 1. The lowest BCUT2D eigenvalue weighted by Gasteiger charge is -2.18. The lowest BCUT2D eigenvalue weighted by molar-refractivity contribution is 0.0945. The van der Waals surface area contributed by atoms with Gasteiger partial charge in [-0.15, -0.1) is 0 Å². The Hall–Kier alpha value is -4.58. The quantitative estimate of drug-likeness (QED) is 0.259. The van der Waals surface area contributed by atoms with E-state index >= 15 is 0 Å². The molecule has 6 heteroatoms. The van der Waals surface area contributed by atoms with Gasteiger partial charge in [-0.05, 0) is 60.9 Å². The van der Waals surface area contributed by atoms with Crippen LogP contribution in [-0.2, 0) is 0 Å². The Morgan fingerprint density at radius 3 is 2.14 bits per heavy atom. The molecule has 5 aromatic rings. The molecule has 1 amide bonds. The summed E-state index contributed by atoms with van der Waals surface area (Å²) in [5.41, 5.74) is 4.24. The van der Waals surface area contributed by atoms with Gasteiger partial charge in [0, 0.05) is 18.5 Å². The molecule has 37 heavy (non-hydrogen) atoms. The molecule has 5 rings (SSSR count). The molecule has 186 valence electrons. The van der Waals surface area contributed by atoms with Gasteiger partial charge in [-0.1, -0.05) is 60.7 Å². The number of aryl methyl sites for hydroxylation is 1. The van der Waals surface area contributed by atoms with Crippen molar-refractivity contribution in [1.82, 2.24) is 15.1 Å². The van der Waals surface area contributed by atoms with Gasteiger partial charge < -0.3 is 14.5 Å². The standard InChI is InChI=1S/C31H29N3O3/c1-22-13-18-30(37-22)28-21-29(34(33-28)25-14-16-26(36-2)17-15-25)31(35)32-20-19-27(23-9-5-3-6-10-23)24-11-7-4-8-12-24/h3-18,21,27H,19-20H2,1-2H3,(H,32,35). The largest absolute Gasteiger partial charge is 0.497 e. The molecule has 0 saturated carbocycles. The number of nitrogens with zero attached hydrogens (tertiary/aromatic N) is 2. The van der Waals surface area contributed by atoms with Gasteiger partial charge in [-0.3, -0.25) is 4.79 Å². The molecule has 6 nitrogen and oxygen atoms in total. The molecule has 0 aliphatic rings. The van der Waals surface area contributed by atoms with E-state index in [1.165, 1.54) is 11.1 Å². The summed E-state index contributed by atoms with van der Waals surface area (Å²) in [5.74, 6) is 2.12. The van der Waals surface area contributed by atoms with Gasteiger partial charge in [0.2, 0.25) is 0 Å². The molecule has 2 aromatic heterocycles. The zero-order chi connectivity index (χ0) is 25.6. The highest BCUT2D eigenvalue weighted by molar-refractivity contribution is 5.94. The van der Waals surface area contributed by atoms with Crippen molar-refractivity contribution in [3.05, 3.63) is 126 Å². The van der Waals surface area contributed by atoms with E-state index in [4.69, 9.17) is 14.3 Å². The molecule has 0 saturated heterocycles. The van der Waals surface area contributed by atoms with Crippen LogP contribution in [-0.4, -0.2) is 29.3 Å². The van der Waals surface area contributed by atoms with Gasteiger partial charge >= 0.3 is 0 Å². The van der Waals surface area contributed by atoms with E-state index in [1.807, 2.05) is 55.5 Å². The van der Waals surface area contributed by atoms with Crippen molar-refractivity contribution in [2.75, 3.05) is 13.7 Å². The zero-order valence-electron chi connectivity index (χ0n) is 20.9. The summed E-state index contributed by atoms with van der Waals surface area (Å²) >= 11 is 0. The SMILES string of the molecule is COc1ccc(-n2nc(-c3ccc(C)o3)cc2C(=O)NCCC(c2ccccc2)c2ccccc2)cc1. The average Bonchev–Trinajstić information content (AvgIpc) is 3.59. The van der Waals surface area contributed by atoms with Crippen molar-refractivity contribution in [3.63, 3.8) is 0 Å². The highest BCUT2D eigenvalue weighted by Crippen LogP contribution is 2.28. The Balaban J connectivity index is 1.39. The van der Waals surface area contributed by atoms with Crippen LogP contribution in [0.4, 0.5) is 0 Å². The van der Waals surface area contributed by atoms with E-state index in [2.05, 4.69) is 53.8 Å². The zero-order valence-corrected chi connectivity index (χ0v) is 20.9. The Morgan fingerprint density at radius 2 is 1.57 bits per heavy atom. The summed E-state index contributed by atoms with van der Waals surface area (Å²) in [6.45, 7) is 2.39. The molecule has 0 atom stereocenters. The number of aromatic nitrogens is 2. The lowest BCUT2D eigenvalue weighted by atomic mass is 9.88. The predicted molar refractivity (Wildman–Crippen MR) is 144 cm³/mol. The van der Waals surface area contributed by atoms with E-state index in [0.29, 0.717) is 23.7 Å². The lowest BCUT2D eigenvalue weighted by Crippen LogP contribution is -2.28. The van der Waals surface area contributed by atoms with E-state index in [9.17, 15) is 4.79 Å². The van der Waals surface area contributed by atoms with Crippen molar-refractivity contribution in [3.8, 4) is 22.9 Å². The minimum Gasteiger partial charge on any atom is -0.497 e. The third-order valence-corrected chi connectivity index (χ3v) is 6.37. The molecule has 0 bridgehead atoms. The summed E-state index contributed by atoms with van der Waals surface area (Å²) in [6, 6.07) is 33.7. The van der Waals surface area contributed by atoms with Crippen molar-refractivity contribution in [2.24, 2.45) is 0 Å². The smallest absolute Gasteiger partial charge is 0.270 e. The molecule has 1 N–H and O–H groups in total. The molecule has 0 aliphatic carbocycles. The summed E-state index contributed by atoms with van der Waals surface area (Å²) in [7, 11) is 1.62. The number of carbonyl (C=O) groups excluding carboxylic acids is 1. The second-order valence-electron chi connectivity index (χ2n) is 8.85. The van der Waals surface area contributed by atoms with Crippen molar-refractivity contribution in [2.45, 2.75) is 19.3 Å². The van der Waals surface area contributed by atoms with Gasteiger partial charge in [0.15, 0.2) is 5.76 Å². The first-order valence-corrected chi connectivity index (χ1v) is 12.3. The number of hydrogen-bond acceptors (Lipinski definition) is 4. The minimum atomic E-state index is -0.197. The van der Waals surface area contributed by atoms with Crippen molar-refractivity contribution in [1.29, 1.82) is 0 Å². The van der Waals surface area contributed by atoms with Gasteiger partial charge in [-0.2, -0.15) is 5.10 Å². The normalized spacial score (nSPS) is 11.0. The molecule has 0 unspecified atom stereocenters. The Bertz CT molecular complexity index is 1420. The van der Waals surface area contributed by atoms with Crippen molar-refractivity contribution < 1.29 is 13.9 Å². The maximum absolute atomic E-state index is 13.4. The molecular weight excluding hydrogens is 462 g/mol. The topological polar surface area (TPSA) is 69.3 Å². The van der Waals surface area contributed by atoms with Crippen LogP contribution in [0.15, 0.2) is 108 Å². The van der Waals surface area contributed by atoms with E-state index < -0.39 is 0 Å². The maximum Gasteiger partial charge on any atom is 0.270 e. The van der Waals surface area contributed by atoms with Crippen LogP contribution in [0.3, 0.4) is 0 Å². The minimum absolute atomic E-state index is 0.177. The van der Waals surface area contributed by atoms with Gasteiger partial charge in [-0.25, -0.2) is 4.68 Å². The molecule has 0 aliphatic heterocycles. The molecule has 2 heterocycles. The highest BCUT2D eigenvalue weighted by Gasteiger charge is 2.20. The van der Waals surface area contributed by atoms with Crippen LogP contribution in [0.25, 0.3) is 17.1 Å². The van der Waals surface area contributed by atoms with Gasteiger partial charge in [0.05, 0.1) is 12.8 Å². The molecule has 0 spiro atoms. The second kappa shape index (κ2) is 11.0. The fraction of sp³-hybridized carbons (Fsp3) is 0.161. The predicted octanol–water partition coefficient (Wildman–Crippen LogP) is 6.40. The molecule has 3 aromatic carbocycles. The summed E-state index contributed by atoms with van der Waals surface area (Å²) in [5, 5.41) is 7.82. The number of amides is 1. The van der Waals surface area contributed by atoms with E-state index in [0.717, 1.165) is 23.6 Å². The van der Waals surface area contributed by atoms with Gasteiger partial charge in [0.25, 0.3) is 5.91 Å². The summed E-state index contributed by atoms with van der Waals surface area (Å²) in [6.07, 6.45) is 0.765. The first-order chi connectivity index (χ1) is 18.1. The number of furan rings is 1. The number of methoxy groups -OCH3 is 1. The number of nitrogens with one attached hydrogen (secondary N) is 1. The van der Waals surface area contributed by atoms with Crippen LogP contribution in [0.5, 0.6) is 5.75 Å². The number of ether oxygens (including phenoxy) is 1. The summed E-state index contributed by atoms with van der Waals surface area (Å²) in [4.78, 5) is 13.4. The molecular formula is C31H29N3O3. The highest BCUT2D eigenvalue weighted by atomic mass is 16.5. The van der Waals surface area contributed by atoms with E-state index in [1.54, 1.807) is 17.9 Å². The first kappa shape index (κ1) is 24.1. The van der Waals surface area contributed by atoms with Crippen LogP contribution in [0.2, 0.25) is 0 Å². The van der Waals surface area contributed by atoms with Crippen LogP contribution in [0.1, 0.15) is 39.7 Å².